The number of thiocarbonyl (C=S) groups is 1. The Morgan fingerprint density at radius 1 is 1.40 bits per heavy atom. The molecule has 3 nitrogen and oxygen atoms in total. The van der Waals surface area contributed by atoms with Crippen molar-refractivity contribution in [2.75, 3.05) is 0 Å². The van der Waals surface area contributed by atoms with Gasteiger partial charge in [0.2, 0.25) is 0 Å². The predicted octanol–water partition coefficient (Wildman–Crippen LogP) is 2.78. The maximum Gasteiger partial charge on any atom is 0.258 e. The molecule has 1 saturated heterocycles. The average molecular weight is 369 g/mol. The van der Waals surface area contributed by atoms with Gasteiger partial charge >= 0.3 is 0 Å². The summed E-state index contributed by atoms with van der Waals surface area (Å²) in [7, 11) is 0. The van der Waals surface area contributed by atoms with Crippen LogP contribution >= 0.6 is 55.4 Å². The van der Waals surface area contributed by atoms with Crippen LogP contribution in [0.15, 0.2) is 7.57 Å². The maximum absolute atomic E-state index is 12.0. The third-order valence-electron chi connectivity index (χ3n) is 2.48. The average Bonchev–Trinajstić information content (AvgIpc) is 2.71. The number of carbonyl (C=O) groups excluding carboxylic acids is 1. The van der Waals surface area contributed by atoms with Gasteiger partial charge in [-0.1, -0.05) is 0 Å². The van der Waals surface area contributed by atoms with Crippen LogP contribution in [0.25, 0.3) is 0 Å². The van der Waals surface area contributed by atoms with E-state index in [2.05, 4.69) is 37.2 Å². The van der Waals surface area contributed by atoms with E-state index in [0.29, 0.717) is 5.17 Å². The molecule has 0 saturated carbocycles. The van der Waals surface area contributed by atoms with Crippen LogP contribution < -0.4 is 5.32 Å². The van der Waals surface area contributed by atoms with Gasteiger partial charge in [-0.3, -0.25) is 4.79 Å². The fourth-order valence-electron chi connectivity index (χ4n) is 1.88. The van der Waals surface area contributed by atoms with Crippen molar-refractivity contribution in [1.29, 1.82) is 0 Å². The summed E-state index contributed by atoms with van der Waals surface area (Å²) in [5.41, 5.74) is 1.63. The zero-order valence-corrected chi connectivity index (χ0v) is 11.8. The van der Waals surface area contributed by atoms with E-state index < -0.39 is 0 Å². The van der Waals surface area contributed by atoms with Crippen LogP contribution in [0.5, 0.6) is 0 Å². The highest BCUT2D eigenvalue weighted by molar-refractivity contribution is 9.12. The Hall–Kier alpha value is 0.0200. The van der Waals surface area contributed by atoms with Gasteiger partial charge in [-0.05, 0) is 44.1 Å². The van der Waals surface area contributed by atoms with Gasteiger partial charge in [0.25, 0.3) is 5.17 Å². The monoisotopic (exact) mass is 367 g/mol. The number of halogens is 2. The molecule has 15 heavy (non-hydrogen) atoms. The van der Waals surface area contributed by atoms with Gasteiger partial charge in [-0.25, -0.2) is 0 Å². The van der Waals surface area contributed by atoms with E-state index >= 15 is 0 Å². The van der Waals surface area contributed by atoms with Crippen LogP contribution in [0.4, 0.5) is 0 Å². The molecule has 1 aromatic rings. The second kappa shape index (κ2) is 3.26. The molecule has 2 aliphatic rings. The fourth-order valence-corrected chi connectivity index (χ4v) is 5.36. The highest BCUT2D eigenvalue weighted by Gasteiger charge is 2.49. The first-order chi connectivity index (χ1) is 7.09. The first kappa shape index (κ1) is 10.2. The standard InChI is InChI=1S/C8H3Br2NO2S2/c9-6-1-2(7(10)15-6)5-3(4(1)12)11-8(14)13-5/h3,5H,(H,11,14)/t3-,5+/m0/s1. The SMILES string of the molecule is O=C1c2c(Br)sc(Br)c2[C@H]2OC(=S)N[C@@H]12. The van der Waals surface area contributed by atoms with E-state index in [4.69, 9.17) is 17.0 Å². The first-order valence-corrected chi connectivity index (χ1v) is 6.89. The Labute approximate surface area is 111 Å². The third-order valence-corrected chi connectivity index (χ3v) is 5.27. The van der Waals surface area contributed by atoms with Crippen molar-refractivity contribution in [3.63, 3.8) is 0 Å². The van der Waals surface area contributed by atoms with Crippen molar-refractivity contribution >= 4 is 66.4 Å². The summed E-state index contributed by atoms with van der Waals surface area (Å²) in [6.45, 7) is 0. The molecule has 1 aromatic heterocycles. The first-order valence-electron chi connectivity index (χ1n) is 4.08. The molecule has 7 heteroatoms. The summed E-state index contributed by atoms with van der Waals surface area (Å²) in [5.74, 6) is 0.0451. The van der Waals surface area contributed by atoms with Crippen LogP contribution in [0.1, 0.15) is 22.0 Å². The number of rotatable bonds is 0. The number of fused-ring (bicyclic) bond motifs is 3. The normalized spacial score (nSPS) is 27.3. The van der Waals surface area contributed by atoms with Gasteiger partial charge in [-0.15, -0.1) is 11.3 Å². The predicted molar refractivity (Wildman–Crippen MR) is 67.4 cm³/mol. The Bertz CT molecular complexity index is 499. The van der Waals surface area contributed by atoms with Crippen molar-refractivity contribution in [3.8, 4) is 0 Å². The Kier molecular flexibility index (Phi) is 2.21. The van der Waals surface area contributed by atoms with E-state index in [9.17, 15) is 4.79 Å². The summed E-state index contributed by atoms with van der Waals surface area (Å²) >= 11 is 13.2. The molecule has 1 aliphatic heterocycles. The second-order valence-electron chi connectivity index (χ2n) is 3.25. The van der Waals surface area contributed by atoms with Crippen molar-refractivity contribution < 1.29 is 9.53 Å². The smallest absolute Gasteiger partial charge is 0.258 e. The second-order valence-corrected chi connectivity index (χ2v) is 7.28. The number of hydrogen-bond donors (Lipinski definition) is 1. The fraction of sp³-hybridized carbons (Fsp3) is 0.250. The highest BCUT2D eigenvalue weighted by atomic mass is 79.9. The summed E-state index contributed by atoms with van der Waals surface area (Å²) in [6, 6.07) is -0.344. The van der Waals surface area contributed by atoms with E-state index in [-0.39, 0.29) is 17.9 Å². The molecule has 1 aliphatic carbocycles. The lowest BCUT2D eigenvalue weighted by Gasteiger charge is -2.05. The zero-order chi connectivity index (χ0) is 10.7. The van der Waals surface area contributed by atoms with Crippen LogP contribution in [0.3, 0.4) is 0 Å². The molecule has 0 spiro atoms. The summed E-state index contributed by atoms with van der Waals surface area (Å²) in [5, 5.41) is 3.18. The number of ether oxygens (including phenoxy) is 1. The van der Waals surface area contributed by atoms with Crippen LogP contribution in [0, 0.1) is 0 Å². The molecule has 3 rings (SSSR count). The summed E-state index contributed by atoms with van der Waals surface area (Å²) in [6.07, 6.45) is -0.267. The van der Waals surface area contributed by atoms with E-state index in [1.807, 2.05) is 0 Å². The van der Waals surface area contributed by atoms with Crippen LogP contribution in [-0.2, 0) is 4.74 Å². The minimum absolute atomic E-state index is 0.0451. The maximum atomic E-state index is 12.0. The largest absolute Gasteiger partial charge is 0.460 e. The van der Waals surface area contributed by atoms with Gasteiger partial charge in [0.1, 0.15) is 6.04 Å². The topological polar surface area (TPSA) is 38.3 Å². The molecule has 2 heterocycles. The quantitative estimate of drug-likeness (QED) is 0.714. The van der Waals surface area contributed by atoms with E-state index in [0.717, 1.165) is 18.7 Å². The van der Waals surface area contributed by atoms with Crippen molar-refractivity contribution in [2.45, 2.75) is 12.1 Å². The van der Waals surface area contributed by atoms with Gasteiger partial charge < -0.3 is 10.1 Å². The molecular formula is C8H3Br2NO2S2. The molecule has 0 radical (unpaired) electrons. The molecule has 0 unspecified atom stereocenters. The Morgan fingerprint density at radius 3 is 2.87 bits per heavy atom. The molecule has 0 aromatic carbocycles. The van der Waals surface area contributed by atoms with Crippen molar-refractivity contribution in [3.05, 3.63) is 18.7 Å². The molecule has 1 N–H and O–H groups in total. The minimum atomic E-state index is -0.344. The van der Waals surface area contributed by atoms with Gasteiger partial charge in [-0.2, -0.15) is 0 Å². The third kappa shape index (κ3) is 1.26. The van der Waals surface area contributed by atoms with Crippen LogP contribution in [0.2, 0.25) is 0 Å². The summed E-state index contributed by atoms with van der Waals surface area (Å²) < 4.78 is 7.21. The van der Waals surface area contributed by atoms with E-state index in [1.54, 1.807) is 0 Å². The van der Waals surface area contributed by atoms with Crippen molar-refractivity contribution in [2.24, 2.45) is 0 Å². The van der Waals surface area contributed by atoms with Crippen molar-refractivity contribution in [1.82, 2.24) is 5.32 Å². The molecular weight excluding hydrogens is 366 g/mol. The summed E-state index contributed by atoms with van der Waals surface area (Å²) in [4.78, 5) is 12.0. The lowest BCUT2D eigenvalue weighted by atomic mass is 10.2. The number of Topliss-reactive ketones (excluding diaryl/α,β-unsaturated/α-hetero) is 1. The van der Waals surface area contributed by atoms with Gasteiger partial charge in [0, 0.05) is 5.56 Å². The molecule has 0 bridgehead atoms. The van der Waals surface area contributed by atoms with Crippen LogP contribution in [-0.4, -0.2) is 17.0 Å². The number of nitrogens with one attached hydrogen (secondary N) is 1. The Morgan fingerprint density at radius 2 is 2.13 bits per heavy atom. The molecule has 0 amide bonds. The minimum Gasteiger partial charge on any atom is -0.460 e. The molecule has 2 atom stereocenters. The lowest BCUT2D eigenvalue weighted by molar-refractivity contribution is 0.0931. The molecule has 78 valence electrons. The number of ketones is 1. The number of hydrogen-bond acceptors (Lipinski definition) is 4. The zero-order valence-electron chi connectivity index (χ0n) is 7.04. The highest BCUT2D eigenvalue weighted by Crippen LogP contribution is 2.49. The number of carbonyl (C=O) groups is 1. The Balaban J connectivity index is 2.21. The number of thiophene rings is 1. The van der Waals surface area contributed by atoms with Gasteiger partial charge in [0.15, 0.2) is 11.9 Å². The molecule has 1 fully saturated rings. The van der Waals surface area contributed by atoms with E-state index in [1.165, 1.54) is 11.3 Å². The van der Waals surface area contributed by atoms with Gasteiger partial charge in [0.05, 0.1) is 13.1 Å². The lowest BCUT2D eigenvalue weighted by Crippen LogP contribution is -2.31.